The van der Waals surface area contributed by atoms with E-state index in [1.165, 1.54) is 12.8 Å². The number of hydrogen-bond donors (Lipinski definition) is 1. The number of rotatable bonds is 6. The van der Waals surface area contributed by atoms with Crippen molar-refractivity contribution in [2.45, 2.75) is 26.9 Å². The molecule has 1 aliphatic rings. The zero-order valence-electron chi connectivity index (χ0n) is 18.3. The molecule has 7 heteroatoms. The third kappa shape index (κ3) is 5.18. The fourth-order valence-electron chi connectivity index (χ4n) is 3.44. The van der Waals surface area contributed by atoms with Crippen LogP contribution in [0.4, 0.5) is 11.4 Å². The fourth-order valence-corrected chi connectivity index (χ4v) is 3.70. The Morgan fingerprint density at radius 3 is 2.43 bits per heavy atom. The lowest BCUT2D eigenvalue weighted by molar-refractivity contribution is 0.102. The van der Waals surface area contributed by atoms with Crippen molar-refractivity contribution in [1.29, 1.82) is 0 Å². The number of carbonyl (C=O) groups excluding carboxylic acids is 1. The van der Waals surface area contributed by atoms with Crippen LogP contribution in [-0.4, -0.2) is 57.2 Å². The smallest absolute Gasteiger partial charge is 0.255 e. The first-order valence-corrected chi connectivity index (χ1v) is 10.6. The quantitative estimate of drug-likeness (QED) is 0.732. The van der Waals surface area contributed by atoms with Crippen LogP contribution in [-0.2, 0) is 0 Å². The summed E-state index contributed by atoms with van der Waals surface area (Å²) in [6, 6.07) is 9.38. The molecular weight excluding hydrogens is 402 g/mol. The summed E-state index contributed by atoms with van der Waals surface area (Å²) in [7, 11) is 3.67. The summed E-state index contributed by atoms with van der Waals surface area (Å²) in [5.41, 5.74) is 3.38. The van der Waals surface area contributed by atoms with Crippen molar-refractivity contribution < 1.29 is 14.3 Å². The van der Waals surface area contributed by atoms with Crippen molar-refractivity contribution in [3.05, 3.63) is 46.5 Å². The summed E-state index contributed by atoms with van der Waals surface area (Å²) in [6.07, 6.45) is -0.0578. The summed E-state index contributed by atoms with van der Waals surface area (Å²) in [6.45, 7) is 9.93. The first-order chi connectivity index (χ1) is 14.3. The zero-order valence-corrected chi connectivity index (χ0v) is 19.0. The molecule has 2 aromatic rings. The molecule has 6 nitrogen and oxygen atoms in total. The highest BCUT2D eigenvalue weighted by Crippen LogP contribution is 2.37. The number of methoxy groups -OCH3 is 1. The number of likely N-dealkylation sites (N-methyl/N-ethyl adjacent to an activating group) is 1. The summed E-state index contributed by atoms with van der Waals surface area (Å²) < 4.78 is 11.1. The number of halogens is 1. The van der Waals surface area contributed by atoms with Gasteiger partial charge in [-0.1, -0.05) is 11.6 Å². The molecule has 0 radical (unpaired) electrons. The number of benzene rings is 2. The van der Waals surface area contributed by atoms with E-state index < -0.39 is 0 Å². The van der Waals surface area contributed by atoms with E-state index >= 15 is 0 Å². The van der Waals surface area contributed by atoms with Crippen molar-refractivity contribution in [2.24, 2.45) is 0 Å². The van der Waals surface area contributed by atoms with Crippen molar-refractivity contribution in [3.8, 4) is 11.5 Å². The summed E-state index contributed by atoms with van der Waals surface area (Å²) in [5, 5.41) is 3.32. The van der Waals surface area contributed by atoms with Crippen molar-refractivity contribution in [1.82, 2.24) is 4.90 Å². The molecule has 0 atom stereocenters. The minimum Gasteiger partial charge on any atom is -0.493 e. The molecule has 1 amide bonds. The monoisotopic (exact) mass is 431 g/mol. The van der Waals surface area contributed by atoms with Gasteiger partial charge < -0.3 is 24.6 Å². The average Bonchev–Trinajstić information content (AvgIpc) is 2.71. The van der Waals surface area contributed by atoms with Gasteiger partial charge in [0.2, 0.25) is 0 Å². The predicted octanol–water partition coefficient (Wildman–Crippen LogP) is 4.45. The van der Waals surface area contributed by atoms with Crippen LogP contribution in [0.5, 0.6) is 11.5 Å². The van der Waals surface area contributed by atoms with Crippen LogP contribution in [0, 0.1) is 6.92 Å². The molecule has 0 spiro atoms. The molecule has 1 N–H and O–H groups in total. The first kappa shape index (κ1) is 22.2. The Bertz CT molecular complexity index is 909. The molecule has 0 unspecified atom stereocenters. The number of amides is 1. The molecule has 1 saturated heterocycles. The Morgan fingerprint density at radius 2 is 1.83 bits per heavy atom. The van der Waals surface area contributed by atoms with Gasteiger partial charge in [-0.3, -0.25) is 4.79 Å². The minimum atomic E-state index is -0.248. The number of ether oxygens (including phenoxy) is 2. The van der Waals surface area contributed by atoms with E-state index in [1.807, 2.05) is 26.8 Å². The van der Waals surface area contributed by atoms with Crippen LogP contribution in [0.15, 0.2) is 30.3 Å². The molecule has 0 aliphatic carbocycles. The molecule has 1 fully saturated rings. The van der Waals surface area contributed by atoms with Crippen molar-refractivity contribution in [2.75, 3.05) is 50.6 Å². The van der Waals surface area contributed by atoms with Gasteiger partial charge in [-0.05, 0) is 63.7 Å². The maximum absolute atomic E-state index is 12.9. The van der Waals surface area contributed by atoms with Gasteiger partial charge in [0.15, 0.2) is 11.5 Å². The third-order valence-corrected chi connectivity index (χ3v) is 5.45. The second-order valence-corrected chi connectivity index (χ2v) is 8.31. The molecule has 2 aromatic carbocycles. The minimum absolute atomic E-state index is 0.0578. The Balaban J connectivity index is 1.76. The molecule has 1 aliphatic heterocycles. The number of nitrogens with zero attached hydrogens (tertiary/aromatic N) is 2. The number of piperazine rings is 1. The topological polar surface area (TPSA) is 54.0 Å². The normalized spacial score (nSPS) is 14.7. The third-order valence-electron chi connectivity index (χ3n) is 5.17. The van der Waals surface area contributed by atoms with Crippen LogP contribution in [0.1, 0.15) is 29.8 Å². The molecular formula is C23H30ClN3O3. The van der Waals surface area contributed by atoms with Gasteiger partial charge >= 0.3 is 0 Å². The van der Waals surface area contributed by atoms with E-state index in [-0.39, 0.29) is 12.0 Å². The molecule has 30 heavy (non-hydrogen) atoms. The first-order valence-electron chi connectivity index (χ1n) is 10.2. The van der Waals surface area contributed by atoms with Gasteiger partial charge in [-0.25, -0.2) is 0 Å². The van der Waals surface area contributed by atoms with E-state index in [0.29, 0.717) is 22.1 Å². The molecule has 0 bridgehead atoms. The van der Waals surface area contributed by atoms with Gasteiger partial charge in [0, 0.05) is 43.1 Å². The van der Waals surface area contributed by atoms with Gasteiger partial charge in [0.05, 0.1) is 18.2 Å². The maximum Gasteiger partial charge on any atom is 0.255 e. The summed E-state index contributed by atoms with van der Waals surface area (Å²) >= 11 is 6.36. The highest BCUT2D eigenvalue weighted by atomic mass is 35.5. The lowest BCUT2D eigenvalue weighted by Crippen LogP contribution is -2.44. The summed E-state index contributed by atoms with van der Waals surface area (Å²) in [5.74, 6) is 0.628. The van der Waals surface area contributed by atoms with E-state index in [4.69, 9.17) is 21.1 Å². The molecule has 0 saturated carbocycles. The number of nitrogens with one attached hydrogen (secondary N) is 1. The highest BCUT2D eigenvalue weighted by Gasteiger charge is 2.18. The largest absolute Gasteiger partial charge is 0.493 e. The Morgan fingerprint density at radius 1 is 1.13 bits per heavy atom. The van der Waals surface area contributed by atoms with Gasteiger partial charge in [-0.15, -0.1) is 0 Å². The molecule has 162 valence electrons. The van der Waals surface area contributed by atoms with Gasteiger partial charge in [0.25, 0.3) is 5.91 Å². The standard InChI is InChI=1S/C23H30ClN3O3/c1-15(2)30-22-19(24)13-17(14-21(22)29-5)23(28)25-20-7-6-18(12-16(20)3)27-10-8-26(4)9-11-27/h6-7,12-15H,8-11H2,1-5H3,(H,25,28). The van der Waals surface area contributed by atoms with E-state index in [2.05, 4.69) is 34.3 Å². The van der Waals surface area contributed by atoms with E-state index in [1.54, 1.807) is 12.1 Å². The van der Waals surface area contributed by atoms with Crippen molar-refractivity contribution >= 4 is 28.9 Å². The Hall–Kier alpha value is -2.44. The van der Waals surface area contributed by atoms with Crippen LogP contribution in [0.3, 0.4) is 0 Å². The predicted molar refractivity (Wildman–Crippen MR) is 123 cm³/mol. The van der Waals surface area contributed by atoms with Gasteiger partial charge in [0.1, 0.15) is 0 Å². The second kappa shape index (κ2) is 9.58. The van der Waals surface area contributed by atoms with Crippen LogP contribution in [0.25, 0.3) is 0 Å². The Kier molecular flexibility index (Phi) is 7.10. The summed E-state index contributed by atoms with van der Waals surface area (Å²) in [4.78, 5) is 17.6. The van der Waals surface area contributed by atoms with Gasteiger partial charge in [-0.2, -0.15) is 0 Å². The number of carbonyl (C=O) groups is 1. The van der Waals surface area contributed by atoms with E-state index in [0.717, 1.165) is 37.4 Å². The Labute approximate surface area is 183 Å². The maximum atomic E-state index is 12.9. The number of anilines is 2. The molecule has 0 aromatic heterocycles. The van der Waals surface area contributed by atoms with Crippen molar-refractivity contribution in [3.63, 3.8) is 0 Å². The highest BCUT2D eigenvalue weighted by molar-refractivity contribution is 6.32. The number of hydrogen-bond acceptors (Lipinski definition) is 5. The lowest BCUT2D eigenvalue weighted by atomic mass is 10.1. The zero-order chi connectivity index (χ0) is 21.8. The SMILES string of the molecule is COc1cc(C(=O)Nc2ccc(N3CCN(C)CC3)cc2C)cc(Cl)c1OC(C)C. The number of aryl methyl sites for hydroxylation is 1. The fraction of sp³-hybridized carbons (Fsp3) is 0.435. The average molecular weight is 432 g/mol. The van der Waals surface area contributed by atoms with Crippen LogP contribution in [0.2, 0.25) is 5.02 Å². The van der Waals surface area contributed by atoms with Crippen LogP contribution < -0.4 is 19.7 Å². The van der Waals surface area contributed by atoms with Crippen LogP contribution >= 0.6 is 11.6 Å². The van der Waals surface area contributed by atoms with E-state index in [9.17, 15) is 4.79 Å². The lowest BCUT2D eigenvalue weighted by Gasteiger charge is -2.34. The molecule has 3 rings (SSSR count). The second-order valence-electron chi connectivity index (χ2n) is 7.90. The molecule has 1 heterocycles.